The van der Waals surface area contributed by atoms with E-state index >= 15 is 0 Å². The highest BCUT2D eigenvalue weighted by molar-refractivity contribution is 7.89. The second kappa shape index (κ2) is 6.49. The third-order valence-corrected chi connectivity index (χ3v) is 5.37. The van der Waals surface area contributed by atoms with E-state index in [1.54, 1.807) is 35.6 Å². The second-order valence-corrected chi connectivity index (χ2v) is 7.38. The van der Waals surface area contributed by atoms with Crippen LogP contribution >= 0.6 is 11.3 Å². The van der Waals surface area contributed by atoms with Crippen LogP contribution < -0.4 is 10.5 Å². The smallest absolute Gasteiger partial charge is 0.240 e. The van der Waals surface area contributed by atoms with Gasteiger partial charge >= 0.3 is 0 Å². The summed E-state index contributed by atoms with van der Waals surface area (Å²) in [4.78, 5) is 1.44. The van der Waals surface area contributed by atoms with Crippen LogP contribution in [-0.2, 0) is 16.4 Å². The van der Waals surface area contributed by atoms with Crippen molar-refractivity contribution in [1.82, 2.24) is 4.72 Å². The highest BCUT2D eigenvalue weighted by Gasteiger charge is 2.13. The molecule has 20 heavy (non-hydrogen) atoms. The second-order valence-electron chi connectivity index (χ2n) is 4.58. The third-order valence-electron chi connectivity index (χ3n) is 2.96. The van der Waals surface area contributed by atoms with Gasteiger partial charge in [0, 0.05) is 17.5 Å². The van der Waals surface area contributed by atoms with Crippen molar-refractivity contribution < 1.29 is 8.42 Å². The van der Waals surface area contributed by atoms with Gasteiger partial charge < -0.3 is 5.73 Å². The number of nitrogens with one attached hydrogen (secondary N) is 1. The fourth-order valence-corrected chi connectivity index (χ4v) is 3.54. The molecule has 0 aliphatic rings. The van der Waals surface area contributed by atoms with Crippen LogP contribution in [0.5, 0.6) is 0 Å². The number of hydrogen-bond donors (Lipinski definition) is 2. The van der Waals surface area contributed by atoms with Crippen molar-refractivity contribution in [3.63, 3.8) is 0 Å². The predicted molar refractivity (Wildman–Crippen MR) is 82.3 cm³/mol. The molecule has 0 saturated carbocycles. The first-order valence-corrected chi connectivity index (χ1v) is 8.73. The first-order chi connectivity index (χ1) is 9.49. The zero-order valence-electron chi connectivity index (χ0n) is 11.2. The Balaban J connectivity index is 1.99. The van der Waals surface area contributed by atoms with Crippen LogP contribution in [0.25, 0.3) is 0 Å². The molecule has 0 saturated heterocycles. The molecule has 3 N–H and O–H groups in total. The predicted octanol–water partition coefficient (Wildman–Crippen LogP) is 2.29. The summed E-state index contributed by atoms with van der Waals surface area (Å²) >= 11 is 1.63. The summed E-state index contributed by atoms with van der Waals surface area (Å²) < 4.78 is 26.8. The summed E-state index contributed by atoms with van der Waals surface area (Å²) in [5, 5.41) is 1.98. The summed E-state index contributed by atoms with van der Waals surface area (Å²) in [6.07, 6.45) is 0.703. The molecule has 108 valence electrons. The Labute approximate surface area is 123 Å². The largest absolute Gasteiger partial charge is 0.324 e. The van der Waals surface area contributed by atoms with E-state index in [2.05, 4.69) is 4.72 Å². The summed E-state index contributed by atoms with van der Waals surface area (Å²) in [5.74, 6) is 0. The molecule has 0 aliphatic carbocycles. The van der Waals surface area contributed by atoms with Gasteiger partial charge in [0.15, 0.2) is 0 Å². The molecule has 1 heterocycles. The monoisotopic (exact) mass is 310 g/mol. The maximum Gasteiger partial charge on any atom is 0.240 e. The van der Waals surface area contributed by atoms with Crippen LogP contribution in [0.1, 0.15) is 23.4 Å². The minimum atomic E-state index is -3.44. The first-order valence-electron chi connectivity index (χ1n) is 6.36. The van der Waals surface area contributed by atoms with E-state index in [4.69, 9.17) is 5.73 Å². The Bertz CT molecular complexity index is 632. The highest BCUT2D eigenvalue weighted by atomic mass is 32.2. The van der Waals surface area contributed by atoms with E-state index in [-0.39, 0.29) is 10.9 Å². The van der Waals surface area contributed by atoms with Crippen LogP contribution in [0.15, 0.2) is 46.7 Å². The highest BCUT2D eigenvalue weighted by Crippen LogP contribution is 2.15. The van der Waals surface area contributed by atoms with Crippen LogP contribution in [-0.4, -0.2) is 15.0 Å². The van der Waals surface area contributed by atoms with Crippen LogP contribution in [0, 0.1) is 0 Å². The van der Waals surface area contributed by atoms with Gasteiger partial charge in [-0.1, -0.05) is 18.2 Å². The molecule has 1 aromatic heterocycles. The molecule has 1 aromatic carbocycles. The average molecular weight is 310 g/mol. The van der Waals surface area contributed by atoms with Crippen molar-refractivity contribution in [2.75, 3.05) is 6.54 Å². The number of benzene rings is 1. The molecule has 6 heteroatoms. The van der Waals surface area contributed by atoms with Crippen molar-refractivity contribution in [3.8, 4) is 0 Å². The van der Waals surface area contributed by atoms with E-state index in [0.717, 1.165) is 5.56 Å². The van der Waals surface area contributed by atoms with E-state index in [0.29, 0.717) is 13.0 Å². The van der Waals surface area contributed by atoms with Gasteiger partial charge in [-0.2, -0.15) is 0 Å². The van der Waals surface area contributed by atoms with Crippen molar-refractivity contribution in [3.05, 3.63) is 52.2 Å². The zero-order valence-corrected chi connectivity index (χ0v) is 12.9. The molecule has 2 rings (SSSR count). The van der Waals surface area contributed by atoms with Gasteiger partial charge in [0.1, 0.15) is 0 Å². The lowest BCUT2D eigenvalue weighted by atomic mass is 10.1. The normalized spacial score (nSPS) is 13.3. The molecule has 1 unspecified atom stereocenters. The number of sulfonamides is 1. The van der Waals surface area contributed by atoms with Gasteiger partial charge in [0.05, 0.1) is 4.90 Å². The lowest BCUT2D eigenvalue weighted by Crippen LogP contribution is -2.25. The van der Waals surface area contributed by atoms with Crippen molar-refractivity contribution in [1.29, 1.82) is 0 Å². The van der Waals surface area contributed by atoms with Gasteiger partial charge in [0.2, 0.25) is 10.0 Å². The SMILES string of the molecule is CC(N)c1ccc(S(=O)(=O)NCCc2cccs2)cc1. The van der Waals surface area contributed by atoms with Crippen LogP contribution in [0.4, 0.5) is 0 Å². The molecule has 0 radical (unpaired) electrons. The minimum Gasteiger partial charge on any atom is -0.324 e. The lowest BCUT2D eigenvalue weighted by Gasteiger charge is -2.09. The number of nitrogens with two attached hydrogens (primary N) is 1. The fourth-order valence-electron chi connectivity index (χ4n) is 1.80. The molecule has 0 aliphatic heterocycles. The average Bonchev–Trinajstić information content (AvgIpc) is 2.92. The molecule has 0 bridgehead atoms. The standard InChI is InChI=1S/C14H18N2O2S2/c1-11(15)12-4-6-14(7-5-12)20(17,18)16-9-8-13-3-2-10-19-13/h2-7,10-11,16H,8-9,15H2,1H3. The minimum absolute atomic E-state index is 0.0986. The fraction of sp³-hybridized carbons (Fsp3) is 0.286. The number of thiophene rings is 1. The number of hydrogen-bond acceptors (Lipinski definition) is 4. The topological polar surface area (TPSA) is 72.2 Å². The molecular formula is C14H18N2O2S2. The lowest BCUT2D eigenvalue weighted by molar-refractivity contribution is 0.581. The quantitative estimate of drug-likeness (QED) is 0.860. The van der Waals surface area contributed by atoms with Gasteiger partial charge in [-0.25, -0.2) is 13.1 Å². The van der Waals surface area contributed by atoms with Gasteiger partial charge in [-0.3, -0.25) is 0 Å². The van der Waals surface area contributed by atoms with Crippen molar-refractivity contribution in [2.45, 2.75) is 24.3 Å². The van der Waals surface area contributed by atoms with Crippen molar-refractivity contribution >= 4 is 21.4 Å². The summed E-state index contributed by atoms with van der Waals surface area (Å²) in [6, 6.07) is 10.5. The summed E-state index contributed by atoms with van der Waals surface area (Å²) in [5.41, 5.74) is 6.66. The summed E-state index contributed by atoms with van der Waals surface area (Å²) in [6.45, 7) is 2.26. The first kappa shape index (κ1) is 15.2. The van der Waals surface area contributed by atoms with Gasteiger partial charge in [-0.05, 0) is 42.5 Å². The molecule has 0 spiro atoms. The zero-order chi connectivity index (χ0) is 14.6. The van der Waals surface area contributed by atoms with Crippen LogP contribution in [0.2, 0.25) is 0 Å². The molecule has 1 atom stereocenters. The van der Waals surface area contributed by atoms with Crippen molar-refractivity contribution in [2.24, 2.45) is 5.73 Å². The molecule has 0 fully saturated rings. The Hall–Kier alpha value is -1.21. The van der Waals surface area contributed by atoms with E-state index in [1.807, 2.05) is 24.4 Å². The number of rotatable bonds is 6. The maximum atomic E-state index is 12.1. The third kappa shape index (κ3) is 3.89. The van der Waals surface area contributed by atoms with Crippen LogP contribution in [0.3, 0.4) is 0 Å². The molecular weight excluding hydrogens is 292 g/mol. The van der Waals surface area contributed by atoms with E-state index in [9.17, 15) is 8.42 Å². The van der Waals surface area contributed by atoms with E-state index < -0.39 is 10.0 Å². The Kier molecular flexibility index (Phi) is 4.93. The maximum absolute atomic E-state index is 12.1. The molecule has 0 amide bonds. The Morgan fingerprint density at radius 3 is 2.50 bits per heavy atom. The molecule has 4 nitrogen and oxygen atoms in total. The van der Waals surface area contributed by atoms with Gasteiger partial charge in [-0.15, -0.1) is 11.3 Å². The summed E-state index contributed by atoms with van der Waals surface area (Å²) in [7, 11) is -3.44. The Morgan fingerprint density at radius 2 is 1.95 bits per heavy atom. The Morgan fingerprint density at radius 1 is 1.25 bits per heavy atom. The van der Waals surface area contributed by atoms with E-state index in [1.165, 1.54) is 4.88 Å². The molecule has 2 aromatic rings. The van der Waals surface area contributed by atoms with Gasteiger partial charge in [0.25, 0.3) is 0 Å².